The van der Waals surface area contributed by atoms with Gasteiger partial charge in [0.15, 0.2) is 0 Å². The molecule has 100 valence electrons. The maximum absolute atomic E-state index is 5.85. The van der Waals surface area contributed by atoms with Gasteiger partial charge in [0, 0.05) is 17.6 Å². The molecule has 2 nitrogen and oxygen atoms in total. The van der Waals surface area contributed by atoms with E-state index < -0.39 is 0 Å². The highest BCUT2D eigenvalue weighted by atomic mass is 79.9. The molecule has 0 radical (unpaired) electrons. The summed E-state index contributed by atoms with van der Waals surface area (Å²) in [6.45, 7) is 3.05. The second-order valence-electron chi connectivity index (χ2n) is 5.51. The molecule has 0 bridgehead atoms. The Morgan fingerprint density at radius 3 is 2.83 bits per heavy atom. The summed E-state index contributed by atoms with van der Waals surface area (Å²) in [5.41, 5.74) is 7.22. The van der Waals surface area contributed by atoms with Crippen molar-refractivity contribution in [2.45, 2.75) is 25.8 Å². The van der Waals surface area contributed by atoms with Gasteiger partial charge in [0.2, 0.25) is 0 Å². The molecule has 2 N–H and O–H groups in total. The standard InChI is InChI=1S/C15H23BrN2/c1-18(10-12-4-2-7-15(16)8-12)11-14-6-3-5-13(14)9-17/h2,4,7-8,13-14H,3,5-6,9-11,17H2,1H3. The Labute approximate surface area is 119 Å². The third-order valence-electron chi connectivity index (χ3n) is 4.01. The fourth-order valence-corrected chi connectivity index (χ4v) is 3.52. The lowest BCUT2D eigenvalue weighted by molar-refractivity contribution is 0.237. The van der Waals surface area contributed by atoms with Crippen LogP contribution in [0.5, 0.6) is 0 Å². The van der Waals surface area contributed by atoms with Crippen LogP contribution in [0, 0.1) is 11.8 Å². The zero-order chi connectivity index (χ0) is 13.0. The van der Waals surface area contributed by atoms with Gasteiger partial charge in [-0.25, -0.2) is 0 Å². The van der Waals surface area contributed by atoms with E-state index in [1.807, 2.05) is 0 Å². The lowest BCUT2D eigenvalue weighted by atomic mass is 9.95. The smallest absolute Gasteiger partial charge is 0.0231 e. The summed E-state index contributed by atoms with van der Waals surface area (Å²) >= 11 is 3.53. The molecule has 0 heterocycles. The fraction of sp³-hybridized carbons (Fsp3) is 0.600. The molecule has 0 saturated heterocycles. The monoisotopic (exact) mass is 310 g/mol. The van der Waals surface area contributed by atoms with Gasteiger partial charge in [0.05, 0.1) is 0 Å². The average molecular weight is 311 g/mol. The summed E-state index contributed by atoms with van der Waals surface area (Å²) in [6.07, 6.45) is 4.04. The Morgan fingerprint density at radius 1 is 1.33 bits per heavy atom. The van der Waals surface area contributed by atoms with E-state index in [4.69, 9.17) is 5.73 Å². The van der Waals surface area contributed by atoms with Gasteiger partial charge in [0.25, 0.3) is 0 Å². The first kappa shape index (κ1) is 14.0. The Balaban J connectivity index is 1.86. The maximum Gasteiger partial charge on any atom is 0.0231 e. The summed E-state index contributed by atoms with van der Waals surface area (Å²) in [6, 6.07) is 8.57. The van der Waals surface area contributed by atoms with Crippen molar-refractivity contribution < 1.29 is 0 Å². The minimum Gasteiger partial charge on any atom is -0.330 e. The molecule has 1 saturated carbocycles. The quantitative estimate of drug-likeness (QED) is 0.904. The number of nitrogens with zero attached hydrogens (tertiary/aromatic N) is 1. The molecule has 18 heavy (non-hydrogen) atoms. The predicted octanol–water partition coefficient (Wildman–Crippen LogP) is 3.26. The molecule has 1 fully saturated rings. The molecule has 2 atom stereocenters. The molecule has 0 aliphatic heterocycles. The Hall–Kier alpha value is -0.380. The summed E-state index contributed by atoms with van der Waals surface area (Å²) in [5.74, 6) is 1.54. The van der Waals surface area contributed by atoms with Crippen molar-refractivity contribution in [3.8, 4) is 0 Å². The molecule has 2 unspecified atom stereocenters. The lowest BCUT2D eigenvalue weighted by Gasteiger charge is -2.25. The molecule has 2 rings (SSSR count). The third kappa shape index (κ3) is 3.81. The van der Waals surface area contributed by atoms with Gasteiger partial charge in [-0.2, -0.15) is 0 Å². The predicted molar refractivity (Wildman–Crippen MR) is 80.4 cm³/mol. The largest absolute Gasteiger partial charge is 0.330 e. The van der Waals surface area contributed by atoms with E-state index in [0.29, 0.717) is 0 Å². The van der Waals surface area contributed by atoms with Gasteiger partial charge in [-0.3, -0.25) is 0 Å². The van der Waals surface area contributed by atoms with Gasteiger partial charge in [0.1, 0.15) is 0 Å². The minimum atomic E-state index is 0.745. The third-order valence-corrected chi connectivity index (χ3v) is 4.50. The highest BCUT2D eigenvalue weighted by Gasteiger charge is 2.26. The first-order valence-corrected chi connectivity index (χ1v) is 7.61. The number of halogens is 1. The van der Waals surface area contributed by atoms with Crippen molar-refractivity contribution >= 4 is 15.9 Å². The van der Waals surface area contributed by atoms with Crippen LogP contribution in [0.15, 0.2) is 28.7 Å². The van der Waals surface area contributed by atoms with Gasteiger partial charge in [-0.05, 0) is 56.0 Å². The number of hydrogen-bond acceptors (Lipinski definition) is 2. The highest BCUT2D eigenvalue weighted by molar-refractivity contribution is 9.10. The van der Waals surface area contributed by atoms with E-state index in [1.165, 1.54) is 31.4 Å². The minimum absolute atomic E-state index is 0.745. The normalized spacial score (nSPS) is 23.8. The zero-order valence-electron chi connectivity index (χ0n) is 11.1. The van der Waals surface area contributed by atoms with Crippen molar-refractivity contribution in [3.63, 3.8) is 0 Å². The van der Waals surface area contributed by atoms with E-state index in [0.717, 1.165) is 29.4 Å². The Kier molecular flexibility index (Phi) is 5.22. The molecule has 1 aliphatic rings. The van der Waals surface area contributed by atoms with Gasteiger partial charge >= 0.3 is 0 Å². The SMILES string of the molecule is CN(Cc1cccc(Br)c1)CC1CCCC1CN. The Bertz CT molecular complexity index is 381. The van der Waals surface area contributed by atoms with Crippen LogP contribution < -0.4 is 5.73 Å². The summed E-state index contributed by atoms with van der Waals surface area (Å²) < 4.78 is 1.16. The van der Waals surface area contributed by atoms with Crippen molar-refractivity contribution in [3.05, 3.63) is 34.3 Å². The van der Waals surface area contributed by atoms with E-state index in [-0.39, 0.29) is 0 Å². The summed E-state index contributed by atoms with van der Waals surface area (Å²) in [4.78, 5) is 2.43. The van der Waals surface area contributed by atoms with E-state index in [1.54, 1.807) is 0 Å². The summed E-state index contributed by atoms with van der Waals surface area (Å²) in [5, 5.41) is 0. The molecular formula is C15H23BrN2. The van der Waals surface area contributed by atoms with Crippen LogP contribution in [0.25, 0.3) is 0 Å². The molecule has 1 aromatic carbocycles. The lowest BCUT2D eigenvalue weighted by Crippen LogP contribution is -2.30. The van der Waals surface area contributed by atoms with Crippen molar-refractivity contribution in [2.24, 2.45) is 17.6 Å². The fourth-order valence-electron chi connectivity index (χ4n) is 3.08. The maximum atomic E-state index is 5.85. The van der Waals surface area contributed by atoms with Crippen LogP contribution in [0.3, 0.4) is 0 Å². The van der Waals surface area contributed by atoms with Gasteiger partial charge in [-0.1, -0.05) is 34.5 Å². The van der Waals surface area contributed by atoms with Crippen LogP contribution in [-0.2, 0) is 6.54 Å². The van der Waals surface area contributed by atoms with Crippen molar-refractivity contribution in [1.82, 2.24) is 4.90 Å². The zero-order valence-corrected chi connectivity index (χ0v) is 12.7. The molecule has 0 amide bonds. The van der Waals surface area contributed by atoms with E-state index >= 15 is 0 Å². The second kappa shape index (κ2) is 6.69. The Morgan fingerprint density at radius 2 is 2.11 bits per heavy atom. The molecule has 1 aromatic rings. The van der Waals surface area contributed by atoms with E-state index in [9.17, 15) is 0 Å². The van der Waals surface area contributed by atoms with Crippen LogP contribution in [0.1, 0.15) is 24.8 Å². The summed E-state index contributed by atoms with van der Waals surface area (Å²) in [7, 11) is 2.22. The number of hydrogen-bond donors (Lipinski definition) is 1. The second-order valence-corrected chi connectivity index (χ2v) is 6.43. The van der Waals surface area contributed by atoms with Crippen LogP contribution in [0.2, 0.25) is 0 Å². The highest BCUT2D eigenvalue weighted by Crippen LogP contribution is 2.31. The topological polar surface area (TPSA) is 29.3 Å². The first-order valence-electron chi connectivity index (χ1n) is 6.82. The van der Waals surface area contributed by atoms with Gasteiger partial charge < -0.3 is 10.6 Å². The molecule has 0 spiro atoms. The first-order chi connectivity index (χ1) is 8.69. The molecule has 1 aliphatic carbocycles. The van der Waals surface area contributed by atoms with Crippen LogP contribution in [0.4, 0.5) is 0 Å². The molecule has 0 aromatic heterocycles. The number of benzene rings is 1. The average Bonchev–Trinajstić information content (AvgIpc) is 2.76. The number of nitrogens with two attached hydrogens (primary N) is 1. The van der Waals surface area contributed by atoms with Crippen LogP contribution >= 0.6 is 15.9 Å². The van der Waals surface area contributed by atoms with Crippen molar-refractivity contribution in [2.75, 3.05) is 20.1 Å². The van der Waals surface area contributed by atoms with Crippen molar-refractivity contribution in [1.29, 1.82) is 0 Å². The molecule has 3 heteroatoms. The van der Waals surface area contributed by atoms with Gasteiger partial charge in [-0.15, -0.1) is 0 Å². The molecular weight excluding hydrogens is 288 g/mol. The van der Waals surface area contributed by atoms with E-state index in [2.05, 4.69) is 52.1 Å². The van der Waals surface area contributed by atoms with Crippen LogP contribution in [-0.4, -0.2) is 25.0 Å². The number of rotatable bonds is 5.